The fraction of sp³-hybridized carbons (Fsp3) is 0.733. The van der Waals surface area contributed by atoms with E-state index in [0.29, 0.717) is 17.8 Å². The zero-order valence-electron chi connectivity index (χ0n) is 12.1. The smallest absolute Gasteiger partial charge is 0.239 e. The molecule has 0 N–H and O–H groups in total. The average molecular weight is 248 g/mol. The van der Waals surface area contributed by atoms with Gasteiger partial charge in [-0.3, -0.25) is 4.79 Å². The molecule has 1 aliphatic heterocycles. The van der Waals surface area contributed by atoms with Gasteiger partial charge in [0, 0.05) is 19.1 Å². The molecule has 0 spiro atoms. The van der Waals surface area contributed by atoms with Gasteiger partial charge in [-0.15, -0.1) is 0 Å². The monoisotopic (exact) mass is 248 g/mol. The zero-order valence-corrected chi connectivity index (χ0v) is 12.1. The van der Waals surface area contributed by atoms with Crippen molar-refractivity contribution in [3.05, 3.63) is 11.6 Å². The SMILES string of the molecule is CC(=O)N1N=C(C)C[C@@H]1[C@H]1[C@H](C)CC(C)=C[C@@H]1C. The second kappa shape index (κ2) is 4.87. The van der Waals surface area contributed by atoms with Gasteiger partial charge in [0.05, 0.1) is 6.04 Å². The first kappa shape index (κ1) is 13.3. The number of hydrogen-bond donors (Lipinski definition) is 0. The van der Waals surface area contributed by atoms with Crippen molar-refractivity contribution >= 4 is 11.6 Å². The molecule has 0 bridgehead atoms. The number of nitrogens with zero attached hydrogens (tertiary/aromatic N) is 2. The molecule has 1 amide bonds. The number of rotatable bonds is 1. The van der Waals surface area contributed by atoms with E-state index in [1.807, 2.05) is 6.92 Å². The van der Waals surface area contributed by atoms with Crippen LogP contribution in [0.2, 0.25) is 0 Å². The van der Waals surface area contributed by atoms with Crippen LogP contribution in [0.5, 0.6) is 0 Å². The molecule has 0 unspecified atom stereocenters. The van der Waals surface area contributed by atoms with Crippen molar-refractivity contribution < 1.29 is 4.79 Å². The normalized spacial score (nSPS) is 36.4. The largest absolute Gasteiger partial charge is 0.273 e. The van der Waals surface area contributed by atoms with Crippen molar-refractivity contribution in [3.63, 3.8) is 0 Å². The third kappa shape index (κ3) is 2.36. The van der Waals surface area contributed by atoms with Crippen LogP contribution < -0.4 is 0 Å². The van der Waals surface area contributed by atoms with E-state index < -0.39 is 0 Å². The fourth-order valence-corrected chi connectivity index (χ4v) is 3.81. The Balaban J connectivity index is 2.24. The van der Waals surface area contributed by atoms with Gasteiger partial charge in [-0.25, -0.2) is 5.01 Å². The van der Waals surface area contributed by atoms with E-state index in [1.165, 1.54) is 5.57 Å². The van der Waals surface area contributed by atoms with Crippen molar-refractivity contribution in [2.45, 2.75) is 53.5 Å². The molecule has 0 aromatic rings. The first-order chi connectivity index (χ1) is 8.40. The van der Waals surface area contributed by atoms with Crippen LogP contribution in [0.4, 0.5) is 0 Å². The second-order valence-corrected chi connectivity index (χ2v) is 6.10. The molecular formula is C15H24N2O. The van der Waals surface area contributed by atoms with E-state index in [4.69, 9.17) is 0 Å². The van der Waals surface area contributed by atoms with Gasteiger partial charge >= 0.3 is 0 Å². The van der Waals surface area contributed by atoms with E-state index >= 15 is 0 Å². The van der Waals surface area contributed by atoms with E-state index in [2.05, 4.69) is 31.9 Å². The van der Waals surface area contributed by atoms with Crippen molar-refractivity contribution in [3.8, 4) is 0 Å². The molecule has 2 rings (SSSR count). The van der Waals surface area contributed by atoms with Gasteiger partial charge in [-0.1, -0.05) is 25.5 Å². The number of hydrazone groups is 1. The van der Waals surface area contributed by atoms with Gasteiger partial charge in [0.25, 0.3) is 0 Å². The summed E-state index contributed by atoms with van der Waals surface area (Å²) in [6.07, 6.45) is 4.46. The molecule has 0 saturated heterocycles. The lowest BCUT2D eigenvalue weighted by Gasteiger charge is -2.39. The maximum atomic E-state index is 11.7. The number of hydrogen-bond acceptors (Lipinski definition) is 2. The Morgan fingerprint density at radius 3 is 2.56 bits per heavy atom. The lowest BCUT2D eigenvalue weighted by atomic mass is 9.70. The van der Waals surface area contributed by atoms with E-state index in [1.54, 1.807) is 11.9 Å². The Morgan fingerprint density at radius 2 is 2.00 bits per heavy atom. The van der Waals surface area contributed by atoms with Crippen LogP contribution in [0, 0.1) is 17.8 Å². The molecule has 1 aliphatic carbocycles. The van der Waals surface area contributed by atoms with Gasteiger partial charge in [-0.2, -0.15) is 5.10 Å². The molecule has 0 fully saturated rings. The summed E-state index contributed by atoms with van der Waals surface area (Å²) in [5, 5.41) is 6.14. The minimum absolute atomic E-state index is 0.0718. The highest BCUT2D eigenvalue weighted by molar-refractivity contribution is 5.87. The predicted molar refractivity (Wildman–Crippen MR) is 74.2 cm³/mol. The number of amides is 1. The lowest BCUT2D eigenvalue weighted by molar-refractivity contribution is -0.132. The van der Waals surface area contributed by atoms with E-state index in [0.717, 1.165) is 18.6 Å². The van der Waals surface area contributed by atoms with Crippen LogP contribution in [0.25, 0.3) is 0 Å². The average Bonchev–Trinajstić information content (AvgIpc) is 2.58. The van der Waals surface area contributed by atoms with Crippen molar-refractivity contribution in [1.29, 1.82) is 0 Å². The summed E-state index contributed by atoms with van der Waals surface area (Å²) in [6.45, 7) is 10.4. The van der Waals surface area contributed by atoms with Crippen LogP contribution in [-0.2, 0) is 4.79 Å². The molecule has 3 nitrogen and oxygen atoms in total. The molecule has 0 aromatic carbocycles. The Bertz CT molecular complexity index is 411. The number of carbonyl (C=O) groups is 1. The summed E-state index contributed by atoms with van der Waals surface area (Å²) in [6, 6.07) is 0.261. The van der Waals surface area contributed by atoms with Gasteiger partial charge in [0.15, 0.2) is 0 Å². The number of allylic oxidation sites excluding steroid dienone is 2. The first-order valence-corrected chi connectivity index (χ1v) is 6.91. The molecule has 18 heavy (non-hydrogen) atoms. The van der Waals surface area contributed by atoms with Gasteiger partial charge in [-0.05, 0) is 38.0 Å². The zero-order chi connectivity index (χ0) is 13.4. The van der Waals surface area contributed by atoms with Crippen molar-refractivity contribution in [1.82, 2.24) is 5.01 Å². The number of carbonyl (C=O) groups excluding carboxylic acids is 1. The minimum Gasteiger partial charge on any atom is -0.273 e. The summed E-state index contributed by atoms with van der Waals surface area (Å²) in [5.41, 5.74) is 2.57. The molecule has 0 aromatic heterocycles. The Hall–Kier alpha value is -1.12. The van der Waals surface area contributed by atoms with E-state index in [9.17, 15) is 4.79 Å². The molecule has 2 aliphatic rings. The van der Waals surface area contributed by atoms with Crippen LogP contribution in [0.3, 0.4) is 0 Å². The second-order valence-electron chi connectivity index (χ2n) is 6.10. The van der Waals surface area contributed by atoms with Crippen LogP contribution in [0.15, 0.2) is 16.8 Å². The van der Waals surface area contributed by atoms with Gasteiger partial charge < -0.3 is 0 Å². The van der Waals surface area contributed by atoms with Gasteiger partial charge in [0.2, 0.25) is 5.91 Å². The lowest BCUT2D eigenvalue weighted by Crippen LogP contribution is -2.43. The summed E-state index contributed by atoms with van der Waals surface area (Å²) < 4.78 is 0. The summed E-state index contributed by atoms with van der Waals surface area (Å²) >= 11 is 0. The quantitative estimate of drug-likeness (QED) is 0.656. The highest BCUT2D eigenvalue weighted by Crippen LogP contribution is 2.40. The van der Waals surface area contributed by atoms with Crippen LogP contribution in [-0.4, -0.2) is 22.7 Å². The standard InChI is InChI=1S/C15H24N2O/c1-9-6-10(2)15(11(3)7-9)14-8-12(4)16-17(14)13(5)18/h6,10-11,14-15H,7-8H2,1-5H3/t10-,11+,14+,15+/m0/s1. The van der Waals surface area contributed by atoms with Crippen molar-refractivity contribution in [2.24, 2.45) is 22.9 Å². The maximum absolute atomic E-state index is 11.7. The third-order valence-electron chi connectivity index (χ3n) is 4.32. The highest BCUT2D eigenvalue weighted by Gasteiger charge is 2.40. The minimum atomic E-state index is 0.0718. The molecular weight excluding hydrogens is 224 g/mol. The van der Waals surface area contributed by atoms with Gasteiger partial charge in [0.1, 0.15) is 0 Å². The first-order valence-electron chi connectivity index (χ1n) is 6.91. The third-order valence-corrected chi connectivity index (χ3v) is 4.32. The van der Waals surface area contributed by atoms with E-state index in [-0.39, 0.29) is 11.9 Å². The molecule has 1 heterocycles. The predicted octanol–water partition coefficient (Wildman–Crippen LogP) is 3.22. The maximum Gasteiger partial charge on any atom is 0.239 e. The topological polar surface area (TPSA) is 32.7 Å². The highest BCUT2D eigenvalue weighted by atomic mass is 16.2. The molecule has 0 saturated carbocycles. The molecule has 4 atom stereocenters. The Morgan fingerprint density at radius 1 is 1.33 bits per heavy atom. The Labute approximate surface area is 110 Å². The summed E-state index contributed by atoms with van der Waals surface area (Å²) in [4.78, 5) is 11.7. The molecule has 0 radical (unpaired) electrons. The van der Waals surface area contributed by atoms with Crippen LogP contribution >= 0.6 is 0 Å². The van der Waals surface area contributed by atoms with Crippen molar-refractivity contribution in [2.75, 3.05) is 0 Å². The fourth-order valence-electron chi connectivity index (χ4n) is 3.81. The molecule has 3 heteroatoms. The summed E-state index contributed by atoms with van der Waals surface area (Å²) in [5.74, 6) is 1.75. The Kier molecular flexibility index (Phi) is 3.60. The molecule has 100 valence electrons. The van der Waals surface area contributed by atoms with Crippen LogP contribution in [0.1, 0.15) is 47.5 Å². The summed E-state index contributed by atoms with van der Waals surface area (Å²) in [7, 11) is 0.